The topological polar surface area (TPSA) is 109 Å². The van der Waals surface area contributed by atoms with Crippen LogP contribution in [0.1, 0.15) is 25.0 Å². The molecular formula is C24H25N3O5S. The van der Waals surface area contributed by atoms with Crippen LogP contribution in [-0.4, -0.2) is 37.7 Å². The number of methoxy groups -OCH3 is 1. The van der Waals surface area contributed by atoms with Gasteiger partial charge in [0.2, 0.25) is 0 Å². The predicted molar refractivity (Wildman–Crippen MR) is 125 cm³/mol. The second kappa shape index (κ2) is 10.3. The van der Waals surface area contributed by atoms with Crippen molar-refractivity contribution in [3.05, 3.63) is 90.3 Å². The molecule has 0 aliphatic rings. The lowest BCUT2D eigenvalue weighted by molar-refractivity contribution is -0.124. The molecule has 0 saturated carbocycles. The van der Waals surface area contributed by atoms with Crippen LogP contribution >= 0.6 is 0 Å². The number of aromatic nitrogens is 1. The number of nitrogens with zero attached hydrogens (tertiary/aromatic N) is 2. The molecular weight excluding hydrogens is 442 g/mol. The largest absolute Gasteiger partial charge is 0.497 e. The van der Waals surface area contributed by atoms with E-state index in [4.69, 9.17) is 9.94 Å². The summed E-state index contributed by atoms with van der Waals surface area (Å²) in [5.41, 5.74) is 3.71. The van der Waals surface area contributed by atoms with Gasteiger partial charge in [-0.25, -0.2) is 13.9 Å². The van der Waals surface area contributed by atoms with E-state index in [-0.39, 0.29) is 10.9 Å². The molecule has 1 aromatic heterocycles. The van der Waals surface area contributed by atoms with Crippen molar-refractivity contribution < 1.29 is 23.2 Å². The minimum Gasteiger partial charge on any atom is -0.497 e. The van der Waals surface area contributed by atoms with Crippen LogP contribution < -0.4 is 14.5 Å². The number of hydroxylamine groups is 1. The molecule has 2 N–H and O–H groups in total. The number of carbonyl (C=O) groups excluding carboxylic acids is 1. The molecule has 2 aromatic carbocycles. The fraction of sp³-hybridized carbons (Fsp3) is 0.167. The van der Waals surface area contributed by atoms with Gasteiger partial charge in [0.05, 0.1) is 17.7 Å². The molecule has 0 spiro atoms. The molecule has 0 fully saturated rings. The molecule has 3 rings (SSSR count). The number of ether oxygens (including phenoxy) is 1. The molecule has 3 aromatic rings. The summed E-state index contributed by atoms with van der Waals surface area (Å²) < 4.78 is 33.5. The first-order valence-corrected chi connectivity index (χ1v) is 11.6. The lowest BCUT2D eigenvalue weighted by Crippen LogP contribution is -2.37. The Balaban J connectivity index is 2.11. The molecule has 0 bridgehead atoms. The van der Waals surface area contributed by atoms with Gasteiger partial charge in [0.1, 0.15) is 5.75 Å². The summed E-state index contributed by atoms with van der Waals surface area (Å²) in [6, 6.07) is 16.1. The summed E-state index contributed by atoms with van der Waals surface area (Å²) in [5.74, 6) is -0.161. The third kappa shape index (κ3) is 5.39. The Morgan fingerprint density at radius 1 is 1.09 bits per heavy atom. The molecule has 0 aliphatic heterocycles. The third-order valence-corrected chi connectivity index (χ3v) is 6.87. The highest BCUT2D eigenvalue weighted by Gasteiger charge is 2.28. The van der Waals surface area contributed by atoms with Crippen LogP contribution in [0.3, 0.4) is 0 Å². The maximum Gasteiger partial charge on any atom is 0.267 e. The first-order chi connectivity index (χ1) is 15.8. The average Bonchev–Trinajstić information content (AvgIpc) is 2.82. The zero-order chi connectivity index (χ0) is 24.0. The molecule has 9 heteroatoms. The van der Waals surface area contributed by atoms with Crippen LogP contribution in [0.4, 0.5) is 5.69 Å². The number of hydrogen-bond donors (Lipinski definition) is 2. The van der Waals surface area contributed by atoms with Gasteiger partial charge < -0.3 is 4.74 Å². The molecule has 0 aliphatic carbocycles. The zero-order valence-corrected chi connectivity index (χ0v) is 19.3. The Morgan fingerprint density at radius 3 is 2.36 bits per heavy atom. The number of anilines is 1. The Bertz CT molecular complexity index is 1240. The summed E-state index contributed by atoms with van der Waals surface area (Å²) in [5, 5.41) is 9.01. The number of benzene rings is 2. The molecule has 0 radical (unpaired) electrons. The Kier molecular flexibility index (Phi) is 7.47. The molecule has 1 heterocycles. The minimum atomic E-state index is -3.89. The predicted octanol–water partition coefficient (Wildman–Crippen LogP) is 3.63. The number of amides is 1. The number of nitrogens with one attached hydrogen (secondary N) is 1. The van der Waals surface area contributed by atoms with Gasteiger partial charge in [0.15, 0.2) is 0 Å². The van der Waals surface area contributed by atoms with Gasteiger partial charge >= 0.3 is 0 Å². The van der Waals surface area contributed by atoms with E-state index in [9.17, 15) is 13.2 Å². The molecule has 8 nitrogen and oxygen atoms in total. The van der Waals surface area contributed by atoms with Crippen molar-refractivity contribution in [2.45, 2.75) is 24.8 Å². The molecule has 0 saturated heterocycles. The number of carbonyl (C=O) groups is 1. The van der Waals surface area contributed by atoms with Gasteiger partial charge in [-0.05, 0) is 67.4 Å². The van der Waals surface area contributed by atoms with E-state index in [0.29, 0.717) is 28.1 Å². The highest BCUT2D eigenvalue weighted by Crippen LogP contribution is 2.31. The standard InChI is InChI=1S/C24H25N3O5S/c1-17(2)27(33(30,31)22-11-9-21(32-3)10-12-22)20-8-4-6-18(14-20)23(15-24(28)26-29)19-7-5-13-25-16-19/h4-17,29H,1-3H3,(H,26,28). The van der Waals surface area contributed by atoms with Crippen molar-refractivity contribution in [3.8, 4) is 5.75 Å². The van der Waals surface area contributed by atoms with Crippen molar-refractivity contribution in [2.24, 2.45) is 0 Å². The maximum absolute atomic E-state index is 13.5. The number of hydrogen-bond acceptors (Lipinski definition) is 6. The molecule has 0 atom stereocenters. The van der Waals surface area contributed by atoms with Gasteiger partial charge in [0, 0.05) is 30.1 Å². The highest BCUT2D eigenvalue weighted by molar-refractivity contribution is 7.92. The molecule has 33 heavy (non-hydrogen) atoms. The fourth-order valence-electron chi connectivity index (χ4n) is 3.41. The number of sulfonamides is 1. The van der Waals surface area contributed by atoms with Crippen LogP contribution in [0.5, 0.6) is 5.75 Å². The smallest absolute Gasteiger partial charge is 0.267 e. The maximum atomic E-state index is 13.5. The van der Waals surface area contributed by atoms with E-state index in [2.05, 4.69) is 4.98 Å². The van der Waals surface area contributed by atoms with Crippen LogP contribution in [0.25, 0.3) is 5.57 Å². The van der Waals surface area contributed by atoms with Crippen molar-refractivity contribution in [1.82, 2.24) is 10.5 Å². The Morgan fingerprint density at radius 2 is 1.79 bits per heavy atom. The summed E-state index contributed by atoms with van der Waals surface area (Å²) in [6.45, 7) is 3.57. The Labute approximate surface area is 193 Å². The van der Waals surface area contributed by atoms with E-state index in [0.717, 1.165) is 0 Å². The summed E-state index contributed by atoms with van der Waals surface area (Å²) in [6.07, 6.45) is 4.41. The SMILES string of the molecule is COc1ccc(S(=O)(=O)N(c2cccc(C(=CC(=O)NO)c3cccnc3)c2)C(C)C)cc1. The lowest BCUT2D eigenvalue weighted by atomic mass is 9.98. The summed E-state index contributed by atoms with van der Waals surface area (Å²) in [4.78, 5) is 16.1. The highest BCUT2D eigenvalue weighted by atomic mass is 32.2. The van der Waals surface area contributed by atoms with Gasteiger partial charge in [-0.3, -0.25) is 19.3 Å². The van der Waals surface area contributed by atoms with E-state index in [1.165, 1.54) is 29.6 Å². The van der Waals surface area contributed by atoms with Crippen LogP contribution in [-0.2, 0) is 14.8 Å². The zero-order valence-electron chi connectivity index (χ0n) is 18.5. The lowest BCUT2D eigenvalue weighted by Gasteiger charge is -2.29. The van der Waals surface area contributed by atoms with Crippen molar-refractivity contribution in [2.75, 3.05) is 11.4 Å². The quantitative estimate of drug-likeness (QED) is 0.298. The normalized spacial score (nSPS) is 11.8. The second-order valence-corrected chi connectivity index (χ2v) is 9.21. The summed E-state index contributed by atoms with van der Waals surface area (Å²) >= 11 is 0. The second-order valence-electron chi connectivity index (χ2n) is 7.40. The third-order valence-electron chi connectivity index (χ3n) is 4.86. The molecule has 0 unspecified atom stereocenters. The number of pyridine rings is 1. The van der Waals surface area contributed by atoms with E-state index in [1.54, 1.807) is 80.3 Å². The molecule has 172 valence electrons. The van der Waals surface area contributed by atoms with Gasteiger partial charge in [0.25, 0.3) is 15.9 Å². The van der Waals surface area contributed by atoms with E-state index in [1.807, 2.05) is 0 Å². The number of rotatable bonds is 8. The van der Waals surface area contributed by atoms with Crippen molar-refractivity contribution in [1.29, 1.82) is 0 Å². The van der Waals surface area contributed by atoms with Gasteiger partial charge in [-0.15, -0.1) is 0 Å². The van der Waals surface area contributed by atoms with Gasteiger partial charge in [-0.1, -0.05) is 18.2 Å². The van der Waals surface area contributed by atoms with Crippen LogP contribution in [0.15, 0.2) is 84.0 Å². The first-order valence-electron chi connectivity index (χ1n) is 10.1. The minimum absolute atomic E-state index is 0.130. The van der Waals surface area contributed by atoms with Crippen LogP contribution in [0, 0.1) is 0 Å². The first kappa shape index (κ1) is 24.0. The monoisotopic (exact) mass is 467 g/mol. The summed E-state index contributed by atoms with van der Waals surface area (Å²) in [7, 11) is -2.37. The van der Waals surface area contributed by atoms with Gasteiger partial charge in [-0.2, -0.15) is 0 Å². The van der Waals surface area contributed by atoms with E-state index >= 15 is 0 Å². The Hall–Kier alpha value is -3.69. The van der Waals surface area contributed by atoms with Crippen LogP contribution in [0.2, 0.25) is 0 Å². The average molecular weight is 468 g/mol. The molecule has 1 amide bonds. The van der Waals surface area contributed by atoms with Crippen molar-refractivity contribution in [3.63, 3.8) is 0 Å². The van der Waals surface area contributed by atoms with Crippen molar-refractivity contribution >= 4 is 27.2 Å². The van der Waals surface area contributed by atoms with E-state index < -0.39 is 15.9 Å². The fourth-order valence-corrected chi connectivity index (χ4v) is 5.06.